The van der Waals surface area contributed by atoms with E-state index in [1.165, 1.54) is 10.4 Å². The molecular weight excluding hydrogens is 346 g/mol. The van der Waals surface area contributed by atoms with Crippen LogP contribution < -0.4 is 15.4 Å². The highest BCUT2D eigenvalue weighted by Crippen LogP contribution is 2.14. The van der Waals surface area contributed by atoms with Crippen LogP contribution >= 0.6 is 11.3 Å². The second-order valence-electron chi connectivity index (χ2n) is 6.18. The maximum atomic E-state index is 5.58. The molecule has 1 aromatic carbocycles. The van der Waals surface area contributed by atoms with E-state index in [2.05, 4.69) is 52.2 Å². The molecule has 0 aliphatic rings. The molecule has 0 bridgehead atoms. The molecule has 1 heterocycles. The summed E-state index contributed by atoms with van der Waals surface area (Å²) in [5.74, 6) is 2.23. The van der Waals surface area contributed by atoms with Crippen molar-refractivity contribution < 1.29 is 9.47 Å². The van der Waals surface area contributed by atoms with Crippen molar-refractivity contribution in [3.8, 4) is 5.75 Å². The Kier molecular flexibility index (Phi) is 9.00. The van der Waals surface area contributed by atoms with Gasteiger partial charge in [-0.15, -0.1) is 11.3 Å². The van der Waals surface area contributed by atoms with Crippen molar-refractivity contribution in [2.24, 2.45) is 10.9 Å². The summed E-state index contributed by atoms with van der Waals surface area (Å²) in [6, 6.07) is 12.4. The number of nitrogens with zero attached hydrogens (tertiary/aromatic N) is 1. The first-order valence-electron chi connectivity index (χ1n) is 8.89. The van der Waals surface area contributed by atoms with Crippen LogP contribution in [-0.4, -0.2) is 39.9 Å². The third-order valence-electron chi connectivity index (χ3n) is 3.91. The first-order valence-corrected chi connectivity index (χ1v) is 9.76. The average molecular weight is 376 g/mol. The zero-order chi connectivity index (χ0) is 18.6. The molecule has 26 heavy (non-hydrogen) atoms. The summed E-state index contributed by atoms with van der Waals surface area (Å²) in [5, 5.41) is 8.88. The summed E-state index contributed by atoms with van der Waals surface area (Å²) >= 11 is 1.82. The van der Waals surface area contributed by atoms with Crippen molar-refractivity contribution in [1.82, 2.24) is 10.6 Å². The summed E-state index contributed by atoms with van der Waals surface area (Å²) < 4.78 is 10.6. The van der Waals surface area contributed by atoms with Crippen LogP contribution in [-0.2, 0) is 17.7 Å². The molecule has 5 nitrogen and oxygen atoms in total. The predicted octanol–water partition coefficient (Wildman–Crippen LogP) is 3.32. The van der Waals surface area contributed by atoms with Crippen molar-refractivity contribution in [1.29, 1.82) is 0 Å². The minimum Gasteiger partial charge on any atom is -0.491 e. The van der Waals surface area contributed by atoms with Gasteiger partial charge in [-0.2, -0.15) is 0 Å². The highest BCUT2D eigenvalue weighted by Gasteiger charge is 2.06. The normalized spacial score (nSPS) is 12.7. The second kappa shape index (κ2) is 11.5. The Bertz CT molecular complexity index is 642. The largest absolute Gasteiger partial charge is 0.491 e. The zero-order valence-corrected chi connectivity index (χ0v) is 16.6. The number of benzene rings is 1. The molecule has 0 spiro atoms. The molecule has 1 aromatic heterocycles. The van der Waals surface area contributed by atoms with Gasteiger partial charge < -0.3 is 20.1 Å². The lowest BCUT2D eigenvalue weighted by atomic mass is 10.1. The van der Waals surface area contributed by atoms with Crippen molar-refractivity contribution in [2.75, 3.05) is 33.9 Å². The number of nitrogens with one attached hydrogen (secondary N) is 2. The van der Waals surface area contributed by atoms with E-state index in [1.54, 1.807) is 14.2 Å². The summed E-state index contributed by atoms with van der Waals surface area (Å²) in [4.78, 5) is 5.72. The molecule has 142 valence electrons. The number of aliphatic imine (C=N–C) groups is 1. The van der Waals surface area contributed by atoms with E-state index in [9.17, 15) is 0 Å². The van der Waals surface area contributed by atoms with E-state index in [4.69, 9.17) is 9.47 Å². The average Bonchev–Trinajstić information content (AvgIpc) is 3.16. The predicted molar refractivity (Wildman–Crippen MR) is 109 cm³/mol. The molecule has 0 fully saturated rings. The molecule has 1 unspecified atom stereocenters. The van der Waals surface area contributed by atoms with Gasteiger partial charge in [0.1, 0.15) is 12.4 Å². The fourth-order valence-corrected chi connectivity index (χ4v) is 3.34. The van der Waals surface area contributed by atoms with Crippen LogP contribution in [0.1, 0.15) is 17.4 Å². The number of rotatable bonds is 10. The summed E-state index contributed by atoms with van der Waals surface area (Å²) in [6.45, 7) is 5.02. The fraction of sp³-hybridized carbons (Fsp3) is 0.450. The first kappa shape index (κ1) is 20.3. The first-order chi connectivity index (χ1) is 12.7. The van der Waals surface area contributed by atoms with Crippen molar-refractivity contribution in [2.45, 2.75) is 19.9 Å². The van der Waals surface area contributed by atoms with Gasteiger partial charge in [-0.25, -0.2) is 0 Å². The van der Waals surface area contributed by atoms with Crippen LogP contribution in [0.3, 0.4) is 0 Å². The Labute approximate surface area is 160 Å². The van der Waals surface area contributed by atoms with Gasteiger partial charge in [0.05, 0.1) is 6.61 Å². The van der Waals surface area contributed by atoms with Gasteiger partial charge in [-0.1, -0.05) is 25.1 Å². The zero-order valence-electron chi connectivity index (χ0n) is 15.8. The van der Waals surface area contributed by atoms with Crippen LogP contribution in [0.2, 0.25) is 0 Å². The minimum atomic E-state index is 0.552. The van der Waals surface area contributed by atoms with E-state index >= 15 is 0 Å². The Balaban J connectivity index is 1.70. The second-order valence-corrected chi connectivity index (χ2v) is 7.21. The topological polar surface area (TPSA) is 54.9 Å². The van der Waals surface area contributed by atoms with Gasteiger partial charge in [0, 0.05) is 32.1 Å². The molecule has 2 aromatic rings. The van der Waals surface area contributed by atoms with E-state index in [0.717, 1.165) is 31.2 Å². The summed E-state index contributed by atoms with van der Waals surface area (Å²) in [7, 11) is 3.47. The van der Waals surface area contributed by atoms with Crippen LogP contribution in [0.15, 0.2) is 46.8 Å². The quantitative estimate of drug-likeness (QED) is 0.380. The van der Waals surface area contributed by atoms with Gasteiger partial charge in [-0.3, -0.25) is 4.99 Å². The Hall–Kier alpha value is -2.05. The third kappa shape index (κ3) is 7.45. The van der Waals surface area contributed by atoms with Gasteiger partial charge in [0.25, 0.3) is 0 Å². The minimum absolute atomic E-state index is 0.552. The lowest BCUT2D eigenvalue weighted by molar-refractivity contribution is 0.146. The molecule has 6 heteroatoms. The molecule has 0 radical (unpaired) electrons. The number of ether oxygens (including phenoxy) is 2. The smallest absolute Gasteiger partial charge is 0.191 e. The molecular formula is C20H29N3O2S. The Morgan fingerprint density at radius 2 is 1.96 bits per heavy atom. The number of thiophene rings is 1. The lowest BCUT2D eigenvalue weighted by Gasteiger charge is -2.16. The van der Waals surface area contributed by atoms with Gasteiger partial charge in [0.2, 0.25) is 0 Å². The highest BCUT2D eigenvalue weighted by atomic mass is 32.1. The van der Waals surface area contributed by atoms with Crippen LogP contribution in [0.5, 0.6) is 5.75 Å². The number of hydrogen-bond donors (Lipinski definition) is 2. The molecule has 0 saturated heterocycles. The number of hydrogen-bond acceptors (Lipinski definition) is 4. The van der Waals surface area contributed by atoms with Gasteiger partial charge in [0.15, 0.2) is 5.96 Å². The number of guanidine groups is 1. The summed E-state index contributed by atoms with van der Waals surface area (Å²) in [5.41, 5.74) is 1.18. The van der Waals surface area contributed by atoms with Gasteiger partial charge >= 0.3 is 0 Å². The maximum absolute atomic E-state index is 5.58. The fourth-order valence-electron chi connectivity index (χ4n) is 2.47. The van der Waals surface area contributed by atoms with Crippen molar-refractivity contribution in [3.63, 3.8) is 0 Å². The van der Waals surface area contributed by atoms with Crippen molar-refractivity contribution in [3.05, 3.63) is 52.2 Å². The van der Waals surface area contributed by atoms with Crippen LogP contribution in [0.4, 0.5) is 0 Å². The van der Waals surface area contributed by atoms with E-state index in [0.29, 0.717) is 19.1 Å². The van der Waals surface area contributed by atoms with Crippen LogP contribution in [0, 0.1) is 5.92 Å². The SMILES string of the molecule is CN=C(NCc1ccc(OCCOC)cc1)NCC(C)Cc1cccs1. The molecule has 0 amide bonds. The van der Waals surface area contributed by atoms with Crippen molar-refractivity contribution >= 4 is 17.3 Å². The number of methoxy groups -OCH3 is 1. The highest BCUT2D eigenvalue weighted by molar-refractivity contribution is 7.09. The van der Waals surface area contributed by atoms with Crippen LogP contribution in [0.25, 0.3) is 0 Å². The molecule has 0 saturated carbocycles. The van der Waals surface area contributed by atoms with E-state index < -0.39 is 0 Å². The molecule has 2 rings (SSSR count). The molecule has 2 N–H and O–H groups in total. The third-order valence-corrected chi connectivity index (χ3v) is 4.81. The molecule has 0 aliphatic carbocycles. The Morgan fingerprint density at radius 3 is 2.62 bits per heavy atom. The standard InChI is InChI=1S/C20H29N3O2S/c1-16(13-19-5-4-12-26-19)14-22-20(21-2)23-15-17-6-8-18(9-7-17)25-11-10-24-3/h4-9,12,16H,10-11,13-15H2,1-3H3,(H2,21,22,23). The van der Waals surface area contributed by atoms with Gasteiger partial charge in [-0.05, 0) is 41.5 Å². The lowest BCUT2D eigenvalue weighted by Crippen LogP contribution is -2.39. The Morgan fingerprint density at radius 1 is 1.15 bits per heavy atom. The monoisotopic (exact) mass is 375 g/mol. The van der Waals surface area contributed by atoms with E-state index in [1.807, 2.05) is 23.5 Å². The molecule has 0 aliphatic heterocycles. The molecule has 1 atom stereocenters. The summed E-state index contributed by atoms with van der Waals surface area (Å²) in [6.07, 6.45) is 1.09. The van der Waals surface area contributed by atoms with E-state index in [-0.39, 0.29) is 0 Å². The maximum Gasteiger partial charge on any atom is 0.191 e.